The van der Waals surface area contributed by atoms with E-state index in [1.165, 1.54) is 391 Å². The van der Waals surface area contributed by atoms with E-state index in [1.807, 2.05) is 0 Å². The van der Waals surface area contributed by atoms with E-state index in [-0.39, 0.29) is 85.9 Å². The summed E-state index contributed by atoms with van der Waals surface area (Å²) in [6.45, 7) is 20.6. The van der Waals surface area contributed by atoms with Crippen molar-refractivity contribution in [3.63, 3.8) is 0 Å². The van der Waals surface area contributed by atoms with Gasteiger partial charge in [-0.05, 0) is 140 Å². The average molecular weight is 1640 g/mol. The van der Waals surface area contributed by atoms with Gasteiger partial charge in [-0.2, -0.15) is 0 Å². The van der Waals surface area contributed by atoms with E-state index in [9.17, 15) is 5.11 Å². The summed E-state index contributed by atoms with van der Waals surface area (Å²) in [5.41, 5.74) is 2.34. The lowest BCUT2D eigenvalue weighted by molar-refractivity contribution is -0.114. The molecule has 684 valence electrons. The molecule has 0 aromatic heterocycles. The summed E-state index contributed by atoms with van der Waals surface area (Å²) >= 11 is 0. The molecule has 4 aliphatic carbocycles. The van der Waals surface area contributed by atoms with Crippen LogP contribution in [0.25, 0.3) is 0 Å². The monoisotopic (exact) mass is 1640 g/mol. The lowest BCUT2D eigenvalue weighted by Gasteiger charge is -2.48. The number of hydrogen-bond donors (Lipinski definition) is 9. The van der Waals surface area contributed by atoms with Gasteiger partial charge in [-0.25, -0.2) is 0 Å². The van der Waals surface area contributed by atoms with Crippen molar-refractivity contribution in [2.45, 2.75) is 547 Å². The molecule has 0 spiro atoms. The highest BCUT2D eigenvalue weighted by atomic mass is 16.5. The van der Waals surface area contributed by atoms with Gasteiger partial charge in [0.2, 0.25) is 0 Å². The van der Waals surface area contributed by atoms with E-state index in [2.05, 4.69) is 79.7 Å². The Labute approximate surface area is 731 Å². The predicted molar refractivity (Wildman–Crippen MR) is 504 cm³/mol. The van der Waals surface area contributed by atoms with E-state index in [0.717, 1.165) is 62.7 Å². The number of nitrogens with one attached hydrogen (secondary N) is 8. The Kier molecular flexibility index (Phi) is 48.9. The zero-order chi connectivity index (χ0) is 82.6. The van der Waals surface area contributed by atoms with Crippen molar-refractivity contribution in [1.82, 2.24) is 42.5 Å². The number of unbranched alkanes of at least 4 members (excludes halogenated alkanes) is 44. The molecule has 9 fully saturated rings. The molecule has 25 atom stereocenters. The maximum atomic E-state index is 10.6. The highest BCUT2D eigenvalue weighted by Gasteiger charge is 2.63. The normalized spacial score (nSPS) is 33.1. The van der Waals surface area contributed by atoms with Crippen LogP contribution < -0.4 is 42.5 Å². The van der Waals surface area contributed by atoms with E-state index >= 15 is 0 Å². The van der Waals surface area contributed by atoms with Crippen LogP contribution in [-0.2, 0) is 16.1 Å². The fourth-order valence-electron chi connectivity index (χ4n) is 26.7. The highest BCUT2D eigenvalue weighted by Crippen LogP contribution is 2.56. The second-order valence-corrected chi connectivity index (χ2v) is 41.8. The van der Waals surface area contributed by atoms with E-state index in [4.69, 9.17) is 52.0 Å². The van der Waals surface area contributed by atoms with Crippen LogP contribution in [0.15, 0.2) is 24.3 Å². The van der Waals surface area contributed by atoms with Crippen molar-refractivity contribution in [2.75, 3.05) is 13.2 Å². The predicted octanol–water partition coefficient (Wildman–Crippen LogP) is 27.6. The summed E-state index contributed by atoms with van der Waals surface area (Å²) in [6, 6.07) is 9.16. The van der Waals surface area contributed by atoms with E-state index in [0.29, 0.717) is 59.2 Å². The summed E-state index contributed by atoms with van der Waals surface area (Å²) in [6.07, 6.45) is 90.2. The molecule has 10 rings (SSSR count). The molecule has 4 saturated carbocycles. The minimum absolute atomic E-state index is 0.00210. The molecule has 25 unspecified atom stereocenters. The Hall–Kier alpha value is -1.22. The Morgan fingerprint density at radius 1 is 0.246 bits per heavy atom. The largest absolute Gasteiger partial charge is 0.392 e. The minimum Gasteiger partial charge on any atom is -0.392 e. The molecule has 9 N–H and O–H groups in total. The summed E-state index contributed by atoms with van der Waals surface area (Å²) in [5, 5.41) is 49.7. The molecular formula is C107H198N8O3. The van der Waals surface area contributed by atoms with Crippen LogP contribution >= 0.6 is 0 Å². The van der Waals surface area contributed by atoms with Crippen molar-refractivity contribution in [3.05, 3.63) is 35.4 Å². The average Bonchev–Trinajstić information content (AvgIpc) is 1.57. The second kappa shape index (κ2) is 58.3. The third-order valence-electron chi connectivity index (χ3n) is 33.2. The van der Waals surface area contributed by atoms with Gasteiger partial charge in [0.05, 0.1) is 68.1 Å². The Bertz CT molecular complexity index is 2630. The van der Waals surface area contributed by atoms with Gasteiger partial charge in [0.15, 0.2) is 0 Å². The SMILES string of the molecule is CCCCCCCCCCC1CCC(CCCCCCCCCC)C2C3NC(NC4NC(NC5NC(NC6NC(N3)C3C(CCCCCCCCCC)CCC(CCCCCCCCCC)C63)C3C(OCCCC)C(c6ccc(CO)cc6)CC(OCCCC)C53)C3C(CCCCCCCCCC)CCC(CCCCCCCCCC)C43)C12. The Morgan fingerprint density at radius 3 is 0.695 bits per heavy atom. The molecular weight excluding hydrogens is 1450 g/mol. The number of rotatable bonds is 64. The lowest BCUT2D eigenvalue weighted by Crippen LogP contribution is -2.62. The molecule has 5 aliphatic heterocycles. The quantitative estimate of drug-likeness (QED) is 0.0289. The number of fused-ring (bicyclic) bond motifs is 20. The number of benzene rings is 1. The molecule has 1 aromatic carbocycles. The van der Waals surface area contributed by atoms with Crippen molar-refractivity contribution in [1.29, 1.82) is 0 Å². The van der Waals surface area contributed by atoms with Crippen LogP contribution in [0, 0.1) is 82.9 Å². The first-order valence-electron chi connectivity index (χ1n) is 54.3. The molecule has 5 heterocycles. The first-order valence-corrected chi connectivity index (χ1v) is 54.3. The summed E-state index contributed by atoms with van der Waals surface area (Å²) < 4.78 is 15.5. The molecule has 0 amide bonds. The first-order chi connectivity index (χ1) is 58.3. The molecule has 11 nitrogen and oxygen atoms in total. The van der Waals surface area contributed by atoms with Crippen molar-refractivity contribution in [2.24, 2.45) is 82.9 Å². The highest BCUT2D eigenvalue weighted by molar-refractivity contribution is 5.29. The fourth-order valence-corrected chi connectivity index (χ4v) is 26.7. The minimum atomic E-state index is -0.0132. The van der Waals surface area contributed by atoms with Gasteiger partial charge in [-0.1, -0.05) is 439 Å². The van der Waals surface area contributed by atoms with Crippen LogP contribution in [0.4, 0.5) is 0 Å². The maximum Gasteiger partial charge on any atom is 0.0705 e. The van der Waals surface area contributed by atoms with E-state index < -0.39 is 0 Å². The summed E-state index contributed by atoms with van der Waals surface area (Å²) in [5.74, 6) is 8.07. The van der Waals surface area contributed by atoms with Gasteiger partial charge in [0.25, 0.3) is 0 Å². The Balaban J connectivity index is 1.10. The smallest absolute Gasteiger partial charge is 0.0705 e. The number of ether oxygens (including phenoxy) is 2. The number of aliphatic hydroxyl groups is 1. The van der Waals surface area contributed by atoms with Crippen LogP contribution in [0.5, 0.6) is 0 Å². The lowest BCUT2D eigenvalue weighted by atomic mass is 9.62. The molecule has 11 heteroatoms. The topological polar surface area (TPSA) is 135 Å². The van der Waals surface area contributed by atoms with Crippen molar-refractivity contribution in [3.8, 4) is 0 Å². The van der Waals surface area contributed by atoms with Gasteiger partial charge in [-0.15, -0.1) is 0 Å². The third kappa shape index (κ3) is 30.8. The molecule has 118 heavy (non-hydrogen) atoms. The first kappa shape index (κ1) is 98.9. The van der Waals surface area contributed by atoms with Crippen LogP contribution in [0.3, 0.4) is 0 Å². The summed E-state index contributed by atoms with van der Waals surface area (Å²) in [4.78, 5) is 0. The van der Waals surface area contributed by atoms with Gasteiger partial charge in [0.1, 0.15) is 0 Å². The molecule has 0 radical (unpaired) electrons. The van der Waals surface area contributed by atoms with Gasteiger partial charge in [-0.3, -0.25) is 42.5 Å². The standard InChI is InChI=1S/C107H198N8O3/c1-9-17-25-31-37-43-49-55-61-83-71-72-84(62-56-50-44-38-32-26-18-10-2)92-91(83)100-108-101(92)110-103-94-86(64-58-52-46-40-34-28-20-12-4)74-76-88(66-60-54-48-42-36-30-22-14-6)96(94)105(112-103)114-107-98-97(90(117-77-23-15-7)79-89(99(98)118-78-24-16-8)82-69-67-81(80-116)68-70-82)106(115-107)113-104-95-87(65-59-53-47-41-35-29-21-13-5)75-73-85(93(95)102(109-100)111-104)63-57-51-45-39-33-27-19-11-3/h67-70,83-116H,9-66,71-80H2,1-8H3. The molecule has 1 aromatic rings. The number of hydrogen-bond acceptors (Lipinski definition) is 11. The molecule has 5 saturated heterocycles. The zero-order valence-electron chi connectivity index (χ0n) is 79.1. The maximum absolute atomic E-state index is 10.6. The van der Waals surface area contributed by atoms with Crippen molar-refractivity contribution >= 4 is 0 Å². The third-order valence-corrected chi connectivity index (χ3v) is 33.2. The van der Waals surface area contributed by atoms with Crippen LogP contribution in [0.1, 0.15) is 490 Å². The van der Waals surface area contributed by atoms with Gasteiger partial charge < -0.3 is 14.6 Å². The zero-order valence-corrected chi connectivity index (χ0v) is 79.1. The van der Waals surface area contributed by atoms with Crippen LogP contribution in [-0.4, -0.2) is 79.9 Å². The van der Waals surface area contributed by atoms with Gasteiger partial charge in [0, 0.05) is 31.0 Å². The van der Waals surface area contributed by atoms with E-state index in [1.54, 1.807) is 0 Å². The summed E-state index contributed by atoms with van der Waals surface area (Å²) in [7, 11) is 0. The Morgan fingerprint density at radius 2 is 0.458 bits per heavy atom. The molecule has 8 bridgehead atoms. The number of aliphatic hydroxyl groups excluding tert-OH is 1. The second-order valence-electron chi connectivity index (χ2n) is 41.8. The van der Waals surface area contributed by atoms with Crippen molar-refractivity contribution < 1.29 is 14.6 Å². The molecule has 9 aliphatic rings. The van der Waals surface area contributed by atoms with Gasteiger partial charge >= 0.3 is 0 Å². The fraction of sp³-hybridized carbons (Fsp3) is 0.944. The van der Waals surface area contributed by atoms with Crippen LogP contribution in [0.2, 0.25) is 0 Å².